The number of hydrogen-bond donors (Lipinski definition) is 2. The Morgan fingerprint density at radius 1 is 0.897 bits per heavy atom. The third-order valence-electron chi connectivity index (χ3n) is 5.90. The summed E-state index contributed by atoms with van der Waals surface area (Å²) >= 11 is 0. The fourth-order valence-electron chi connectivity index (χ4n) is 3.83. The van der Waals surface area contributed by atoms with E-state index >= 15 is 0 Å². The molecule has 0 unspecified atom stereocenters. The van der Waals surface area contributed by atoms with Gasteiger partial charge in [-0.1, -0.05) is 75.4 Å². The molecule has 1 heterocycles. The number of nitrogens with zero attached hydrogens (tertiary/aromatic N) is 1. The molecule has 204 valence electrons. The highest BCUT2D eigenvalue weighted by molar-refractivity contribution is 7.92. The number of aliphatic hydroxyl groups is 1. The maximum atomic E-state index is 13.6. The van der Waals surface area contributed by atoms with Gasteiger partial charge >= 0.3 is 0 Å². The number of ether oxygens (including phenoxy) is 3. The van der Waals surface area contributed by atoms with Crippen molar-refractivity contribution in [2.24, 2.45) is 0 Å². The summed E-state index contributed by atoms with van der Waals surface area (Å²) in [6.07, 6.45) is 0. The number of anilines is 1. The third-order valence-corrected chi connectivity index (χ3v) is 7.28. The van der Waals surface area contributed by atoms with Gasteiger partial charge < -0.3 is 19.3 Å². The van der Waals surface area contributed by atoms with Crippen LogP contribution in [-0.4, -0.2) is 38.8 Å². The van der Waals surface area contributed by atoms with Crippen LogP contribution >= 0.6 is 0 Å². The van der Waals surface area contributed by atoms with Crippen LogP contribution < -0.4 is 18.9 Å². The van der Waals surface area contributed by atoms with Gasteiger partial charge in [-0.15, -0.1) is 0 Å². The molecule has 0 amide bonds. The molecule has 4 rings (SSSR count). The fourth-order valence-corrected chi connectivity index (χ4v) is 4.89. The Morgan fingerprint density at radius 3 is 2.15 bits per heavy atom. The van der Waals surface area contributed by atoms with Crippen molar-refractivity contribution >= 4 is 15.7 Å². The summed E-state index contributed by atoms with van der Waals surface area (Å²) in [5, 5.41) is 9.44. The number of nitrogens with one attached hydrogen (secondary N) is 1. The lowest BCUT2D eigenvalue weighted by Gasteiger charge is -2.20. The van der Waals surface area contributed by atoms with Gasteiger partial charge in [-0.25, -0.2) is 13.4 Å². The fraction of sp³-hybridized carbons (Fsp3) is 0.233. The molecule has 0 saturated heterocycles. The molecule has 8 nitrogen and oxygen atoms in total. The highest BCUT2D eigenvalue weighted by atomic mass is 32.2. The van der Waals surface area contributed by atoms with Crippen molar-refractivity contribution in [2.75, 3.05) is 25.0 Å². The molecule has 2 N–H and O–H groups in total. The van der Waals surface area contributed by atoms with Crippen molar-refractivity contribution in [3.05, 3.63) is 90.5 Å². The summed E-state index contributed by atoms with van der Waals surface area (Å²) < 4.78 is 47.1. The molecule has 0 saturated carbocycles. The normalized spacial score (nSPS) is 11.6. The number of pyridine rings is 1. The molecule has 0 radical (unpaired) electrons. The van der Waals surface area contributed by atoms with Crippen LogP contribution in [0, 0.1) is 0 Å². The quantitative estimate of drug-likeness (QED) is 0.250. The van der Waals surface area contributed by atoms with Gasteiger partial charge in [0.25, 0.3) is 15.9 Å². The van der Waals surface area contributed by atoms with Crippen molar-refractivity contribution in [1.82, 2.24) is 4.98 Å². The summed E-state index contributed by atoms with van der Waals surface area (Å²) in [6, 6.07) is 24.6. The van der Waals surface area contributed by atoms with Crippen LogP contribution in [0.5, 0.6) is 23.1 Å². The van der Waals surface area contributed by atoms with Crippen LogP contribution in [0.3, 0.4) is 0 Å². The van der Waals surface area contributed by atoms with Crippen LogP contribution in [0.1, 0.15) is 26.3 Å². The molecule has 0 aliphatic rings. The lowest BCUT2D eigenvalue weighted by molar-refractivity contribution is 0.193. The van der Waals surface area contributed by atoms with Gasteiger partial charge in [0.1, 0.15) is 6.61 Å². The first-order valence-electron chi connectivity index (χ1n) is 12.4. The summed E-state index contributed by atoms with van der Waals surface area (Å²) in [5.41, 5.74) is 2.20. The van der Waals surface area contributed by atoms with Crippen LogP contribution in [0.4, 0.5) is 5.69 Å². The van der Waals surface area contributed by atoms with E-state index in [4.69, 9.17) is 14.2 Å². The summed E-state index contributed by atoms with van der Waals surface area (Å²) in [7, 11) is -2.53. The molecule has 0 aliphatic heterocycles. The molecule has 4 aromatic rings. The molecule has 39 heavy (non-hydrogen) atoms. The monoisotopic (exact) mass is 548 g/mol. The van der Waals surface area contributed by atoms with E-state index in [9.17, 15) is 13.5 Å². The number of para-hydroxylation sites is 2. The number of aliphatic hydroxyl groups excluding tert-OH is 1. The van der Waals surface area contributed by atoms with Gasteiger partial charge in [-0.2, -0.15) is 0 Å². The molecule has 1 aromatic heterocycles. The Bertz CT molecular complexity index is 1520. The maximum absolute atomic E-state index is 13.6. The van der Waals surface area contributed by atoms with Crippen LogP contribution in [0.15, 0.2) is 89.8 Å². The lowest BCUT2D eigenvalue weighted by Crippen LogP contribution is -2.16. The minimum absolute atomic E-state index is 0.0112. The van der Waals surface area contributed by atoms with E-state index < -0.39 is 10.0 Å². The Balaban J connectivity index is 1.85. The molecular weight excluding hydrogens is 516 g/mol. The van der Waals surface area contributed by atoms with E-state index in [-0.39, 0.29) is 40.8 Å². The van der Waals surface area contributed by atoms with Crippen molar-refractivity contribution < 1.29 is 27.7 Å². The van der Waals surface area contributed by atoms with E-state index in [0.29, 0.717) is 17.2 Å². The number of hydrogen-bond acceptors (Lipinski definition) is 7. The highest BCUT2D eigenvalue weighted by Gasteiger charge is 2.24. The molecule has 3 aromatic carbocycles. The number of aromatic nitrogens is 1. The van der Waals surface area contributed by atoms with E-state index in [0.717, 1.165) is 11.1 Å². The van der Waals surface area contributed by atoms with Crippen LogP contribution in [-0.2, 0) is 15.4 Å². The van der Waals surface area contributed by atoms with Crippen molar-refractivity contribution in [1.29, 1.82) is 0 Å². The zero-order chi connectivity index (χ0) is 28.0. The van der Waals surface area contributed by atoms with E-state index in [1.54, 1.807) is 54.6 Å². The smallest absolute Gasteiger partial charge is 0.262 e. The Kier molecular flexibility index (Phi) is 8.42. The average Bonchev–Trinajstić information content (AvgIpc) is 2.93. The largest absolute Gasteiger partial charge is 0.493 e. The molecule has 0 bridgehead atoms. The minimum atomic E-state index is -4.04. The molecule has 0 aliphatic carbocycles. The first-order chi connectivity index (χ1) is 18.6. The predicted molar refractivity (Wildman–Crippen MR) is 151 cm³/mol. The molecular formula is C30H32N2O6S. The van der Waals surface area contributed by atoms with Crippen molar-refractivity contribution in [2.45, 2.75) is 31.1 Å². The number of methoxy groups -OCH3 is 1. The van der Waals surface area contributed by atoms with Gasteiger partial charge in [0.05, 0.1) is 30.0 Å². The van der Waals surface area contributed by atoms with E-state index in [2.05, 4.69) is 30.5 Å². The number of benzene rings is 3. The van der Waals surface area contributed by atoms with Crippen molar-refractivity contribution in [3.8, 4) is 34.4 Å². The van der Waals surface area contributed by atoms with Gasteiger partial charge in [0.15, 0.2) is 11.5 Å². The van der Waals surface area contributed by atoms with E-state index in [1.165, 1.54) is 7.11 Å². The number of rotatable bonds is 10. The molecule has 0 spiro atoms. The average molecular weight is 549 g/mol. The molecule has 9 heteroatoms. The summed E-state index contributed by atoms with van der Waals surface area (Å²) in [5.74, 6) is 0.807. The van der Waals surface area contributed by atoms with Gasteiger partial charge in [0.2, 0.25) is 5.75 Å². The second-order valence-corrected chi connectivity index (χ2v) is 11.4. The Labute approximate surface area is 229 Å². The first kappa shape index (κ1) is 27.9. The zero-order valence-corrected chi connectivity index (χ0v) is 23.2. The Morgan fingerprint density at radius 2 is 1.54 bits per heavy atom. The second kappa shape index (κ2) is 11.8. The van der Waals surface area contributed by atoms with Gasteiger partial charge in [-0.3, -0.25) is 4.72 Å². The first-order valence-corrected chi connectivity index (χ1v) is 13.9. The summed E-state index contributed by atoms with van der Waals surface area (Å²) in [6.45, 7) is 5.84. The van der Waals surface area contributed by atoms with Gasteiger partial charge in [-0.05, 0) is 41.3 Å². The number of sulfonamides is 1. The third kappa shape index (κ3) is 6.68. The maximum Gasteiger partial charge on any atom is 0.262 e. The lowest BCUT2D eigenvalue weighted by atomic mass is 9.87. The SMILES string of the molecule is COc1ccccc1Oc1c(NS(=O)(=O)c2ccc(C(C)(C)C)cc2)cc(-c2ccccc2)nc1OCCO. The topological polar surface area (TPSA) is 107 Å². The molecule has 0 fully saturated rings. The van der Waals surface area contributed by atoms with Crippen molar-refractivity contribution in [3.63, 3.8) is 0 Å². The minimum Gasteiger partial charge on any atom is -0.493 e. The predicted octanol–water partition coefficient (Wildman–Crippen LogP) is 6.02. The standard InChI is InChI=1S/C30H32N2O6S/c1-30(2,3)22-14-16-23(17-15-22)39(34,35)32-25-20-24(21-10-6-5-7-11-21)31-29(37-19-18-33)28(25)38-27-13-9-8-12-26(27)36-4/h5-17,20,33H,18-19H2,1-4H3,(H,31,32). The van der Waals surface area contributed by atoms with Gasteiger partial charge in [0, 0.05) is 5.56 Å². The van der Waals surface area contributed by atoms with E-state index in [1.807, 2.05) is 30.3 Å². The highest BCUT2D eigenvalue weighted by Crippen LogP contribution is 2.43. The summed E-state index contributed by atoms with van der Waals surface area (Å²) in [4.78, 5) is 4.69. The van der Waals surface area contributed by atoms with Crippen LogP contribution in [0.25, 0.3) is 11.3 Å². The van der Waals surface area contributed by atoms with Crippen LogP contribution in [0.2, 0.25) is 0 Å². The molecule has 0 atom stereocenters. The Hall–Kier alpha value is -4.08. The second-order valence-electron chi connectivity index (χ2n) is 9.76. The zero-order valence-electron chi connectivity index (χ0n) is 22.3.